The third kappa shape index (κ3) is 4.73. The lowest BCUT2D eigenvalue weighted by atomic mass is 10.2. The molecule has 1 saturated heterocycles. The van der Waals surface area contributed by atoms with E-state index in [1.54, 1.807) is 0 Å². The number of pyridine rings is 1. The topological polar surface area (TPSA) is 66.3 Å². The van der Waals surface area contributed by atoms with Gasteiger partial charge in [-0.3, -0.25) is 9.69 Å². The highest BCUT2D eigenvalue weighted by molar-refractivity contribution is 6.04. The number of nitrogens with one attached hydrogen (secondary N) is 1. The Balaban J connectivity index is 1.20. The molecule has 1 aliphatic heterocycles. The fraction of sp³-hybridized carbons (Fsp3) is 0.269. The average molecular weight is 441 g/mol. The minimum atomic E-state index is -0.115. The maximum absolute atomic E-state index is 12.5. The van der Waals surface area contributed by atoms with Gasteiger partial charge >= 0.3 is 0 Å². The van der Waals surface area contributed by atoms with Gasteiger partial charge < -0.3 is 14.8 Å². The van der Waals surface area contributed by atoms with Crippen LogP contribution < -0.4 is 10.2 Å². The predicted molar refractivity (Wildman–Crippen MR) is 132 cm³/mol. The van der Waals surface area contributed by atoms with Crippen LogP contribution in [0.3, 0.4) is 0 Å². The van der Waals surface area contributed by atoms with Crippen molar-refractivity contribution in [3.8, 4) is 0 Å². The number of carbonyl (C=O) groups excluding carboxylic acids is 1. The fourth-order valence-corrected chi connectivity index (χ4v) is 4.34. The summed E-state index contributed by atoms with van der Waals surface area (Å²) in [5.41, 5.74) is 3.37. The van der Waals surface area contributed by atoms with Crippen molar-refractivity contribution in [3.05, 3.63) is 84.3 Å². The first-order valence-electron chi connectivity index (χ1n) is 11.4. The number of benzene rings is 2. The molecule has 2 aromatic carbocycles. The molecule has 2 aromatic heterocycles. The van der Waals surface area contributed by atoms with Crippen LogP contribution in [0.15, 0.2) is 72.9 Å². The number of hydrogen-bond acceptors (Lipinski definition) is 5. The highest BCUT2D eigenvalue weighted by Gasteiger charge is 2.18. The van der Waals surface area contributed by atoms with Gasteiger partial charge in [0, 0.05) is 63.6 Å². The van der Waals surface area contributed by atoms with E-state index in [9.17, 15) is 4.79 Å². The number of aryl methyl sites for hydroxylation is 1. The monoisotopic (exact) mass is 440 g/mol. The van der Waals surface area contributed by atoms with Crippen molar-refractivity contribution in [1.29, 1.82) is 0 Å². The largest absolute Gasteiger partial charge is 0.354 e. The van der Waals surface area contributed by atoms with Crippen LogP contribution in [0, 0.1) is 0 Å². The highest BCUT2D eigenvalue weighted by atomic mass is 16.1. The Bertz CT molecular complexity index is 1230. The summed E-state index contributed by atoms with van der Waals surface area (Å²) in [6, 6.07) is 21.2. The third-order valence-corrected chi connectivity index (χ3v) is 6.26. The first-order valence-corrected chi connectivity index (χ1v) is 11.4. The molecular weight excluding hydrogens is 412 g/mol. The van der Waals surface area contributed by atoms with E-state index in [4.69, 9.17) is 4.98 Å². The number of anilines is 2. The number of hydrogen-bond donors (Lipinski definition) is 1. The Kier molecular flexibility index (Phi) is 6.04. The Labute approximate surface area is 193 Å². The lowest BCUT2D eigenvalue weighted by Crippen LogP contribution is -2.47. The lowest BCUT2D eigenvalue weighted by molar-refractivity contribution is 0.102. The zero-order valence-corrected chi connectivity index (χ0v) is 18.8. The van der Waals surface area contributed by atoms with Crippen molar-refractivity contribution in [2.75, 3.05) is 42.9 Å². The molecule has 1 N–H and O–H groups in total. The van der Waals surface area contributed by atoms with Crippen molar-refractivity contribution in [3.63, 3.8) is 0 Å². The maximum atomic E-state index is 12.5. The van der Waals surface area contributed by atoms with E-state index in [1.165, 1.54) is 0 Å². The van der Waals surface area contributed by atoms with E-state index in [0.29, 0.717) is 5.56 Å². The van der Waals surface area contributed by atoms with Crippen molar-refractivity contribution in [2.24, 2.45) is 7.05 Å². The molecule has 33 heavy (non-hydrogen) atoms. The van der Waals surface area contributed by atoms with Gasteiger partial charge in [0.15, 0.2) is 0 Å². The zero-order chi connectivity index (χ0) is 22.6. The van der Waals surface area contributed by atoms with Gasteiger partial charge in [0.1, 0.15) is 11.6 Å². The second-order valence-corrected chi connectivity index (χ2v) is 8.38. The molecule has 0 aliphatic carbocycles. The second-order valence-electron chi connectivity index (χ2n) is 8.38. The van der Waals surface area contributed by atoms with Gasteiger partial charge in [-0.25, -0.2) is 9.97 Å². The molecule has 0 spiro atoms. The minimum Gasteiger partial charge on any atom is -0.354 e. The smallest absolute Gasteiger partial charge is 0.255 e. The molecular formula is C26H28N6O. The van der Waals surface area contributed by atoms with Crippen LogP contribution in [-0.2, 0) is 13.5 Å². The Hall–Kier alpha value is -3.71. The van der Waals surface area contributed by atoms with Gasteiger partial charge in [0.2, 0.25) is 0 Å². The van der Waals surface area contributed by atoms with Crippen molar-refractivity contribution < 1.29 is 4.79 Å². The maximum Gasteiger partial charge on any atom is 0.255 e. The van der Waals surface area contributed by atoms with Gasteiger partial charge in [-0.05, 0) is 42.5 Å². The van der Waals surface area contributed by atoms with Crippen LogP contribution in [0.1, 0.15) is 16.2 Å². The van der Waals surface area contributed by atoms with Crippen molar-refractivity contribution in [2.45, 2.75) is 6.42 Å². The molecule has 1 amide bonds. The van der Waals surface area contributed by atoms with Gasteiger partial charge in [-0.2, -0.15) is 0 Å². The van der Waals surface area contributed by atoms with Gasteiger partial charge in [0.25, 0.3) is 5.91 Å². The number of rotatable bonds is 6. The summed E-state index contributed by atoms with van der Waals surface area (Å²) in [5, 5.41) is 2.97. The Morgan fingerprint density at radius 1 is 0.970 bits per heavy atom. The van der Waals surface area contributed by atoms with E-state index in [2.05, 4.69) is 37.8 Å². The van der Waals surface area contributed by atoms with Crippen LogP contribution in [0.4, 0.5) is 11.5 Å². The standard InChI is InChI=1S/C26H28N6O/c1-30-23-11-10-21(28-26(33)20-7-3-2-4-8-20)19-22(23)29-25(30)12-14-31-15-17-32(18-16-31)24-9-5-6-13-27-24/h2-11,13,19H,12,14-18H2,1H3,(H,28,33). The number of aromatic nitrogens is 3. The summed E-state index contributed by atoms with van der Waals surface area (Å²) < 4.78 is 2.16. The molecule has 0 unspecified atom stereocenters. The molecule has 0 saturated carbocycles. The Morgan fingerprint density at radius 2 is 1.76 bits per heavy atom. The molecule has 0 radical (unpaired) electrons. The number of carbonyl (C=O) groups is 1. The molecule has 5 rings (SSSR count). The van der Waals surface area contributed by atoms with Crippen LogP contribution in [0.2, 0.25) is 0 Å². The fourth-order valence-electron chi connectivity index (χ4n) is 4.34. The molecule has 0 bridgehead atoms. The van der Waals surface area contributed by atoms with Crippen LogP contribution in [0.5, 0.6) is 0 Å². The molecule has 4 aromatic rings. The number of imidazole rings is 1. The average Bonchev–Trinajstić information content (AvgIpc) is 3.18. The summed E-state index contributed by atoms with van der Waals surface area (Å²) in [6.45, 7) is 5.01. The van der Waals surface area contributed by atoms with Crippen LogP contribution >= 0.6 is 0 Å². The first-order chi connectivity index (χ1) is 16.2. The minimum absolute atomic E-state index is 0.115. The van der Waals surface area contributed by atoms with Gasteiger partial charge in [-0.1, -0.05) is 24.3 Å². The summed E-state index contributed by atoms with van der Waals surface area (Å²) in [6.07, 6.45) is 2.74. The van der Waals surface area contributed by atoms with Gasteiger partial charge in [0.05, 0.1) is 11.0 Å². The molecule has 1 aliphatic rings. The molecule has 3 heterocycles. The van der Waals surface area contributed by atoms with E-state index in [0.717, 1.165) is 67.5 Å². The van der Waals surface area contributed by atoms with E-state index in [1.807, 2.05) is 66.9 Å². The first kappa shape index (κ1) is 21.2. The molecule has 1 fully saturated rings. The second kappa shape index (κ2) is 9.42. The number of nitrogens with zero attached hydrogens (tertiary/aromatic N) is 5. The molecule has 7 heteroatoms. The number of amides is 1. The van der Waals surface area contributed by atoms with E-state index < -0.39 is 0 Å². The summed E-state index contributed by atoms with van der Waals surface area (Å²) in [5.74, 6) is 2.00. The van der Waals surface area contributed by atoms with Crippen molar-refractivity contribution in [1.82, 2.24) is 19.4 Å². The normalized spacial score (nSPS) is 14.5. The summed E-state index contributed by atoms with van der Waals surface area (Å²) in [7, 11) is 2.06. The number of fused-ring (bicyclic) bond motifs is 1. The molecule has 0 atom stereocenters. The molecule has 168 valence electrons. The Morgan fingerprint density at radius 3 is 2.52 bits per heavy atom. The van der Waals surface area contributed by atoms with Crippen LogP contribution in [0.25, 0.3) is 11.0 Å². The highest BCUT2D eigenvalue weighted by Crippen LogP contribution is 2.21. The van der Waals surface area contributed by atoms with Crippen LogP contribution in [-0.4, -0.2) is 58.1 Å². The van der Waals surface area contributed by atoms with Crippen molar-refractivity contribution >= 4 is 28.4 Å². The predicted octanol–water partition coefficient (Wildman–Crippen LogP) is 3.59. The summed E-state index contributed by atoms with van der Waals surface area (Å²) >= 11 is 0. The number of piperazine rings is 1. The van der Waals surface area contributed by atoms with Gasteiger partial charge in [-0.15, -0.1) is 0 Å². The quantitative estimate of drug-likeness (QED) is 0.496. The van der Waals surface area contributed by atoms with E-state index in [-0.39, 0.29) is 5.91 Å². The SMILES string of the molecule is Cn1c(CCN2CCN(c3ccccn3)CC2)nc2cc(NC(=O)c3ccccc3)ccc21. The lowest BCUT2D eigenvalue weighted by Gasteiger charge is -2.35. The summed E-state index contributed by atoms with van der Waals surface area (Å²) in [4.78, 5) is 26.6. The third-order valence-electron chi connectivity index (χ3n) is 6.26. The zero-order valence-electron chi connectivity index (χ0n) is 18.8. The molecule has 7 nitrogen and oxygen atoms in total. The van der Waals surface area contributed by atoms with E-state index >= 15 is 0 Å².